The highest BCUT2D eigenvalue weighted by Crippen LogP contribution is 2.25. The number of amides is 3. The monoisotopic (exact) mass is 324 g/mol. The Morgan fingerprint density at radius 1 is 1.35 bits per heavy atom. The number of aromatic nitrogens is 1. The van der Waals surface area contributed by atoms with Gasteiger partial charge in [-0.1, -0.05) is 13.3 Å². The van der Waals surface area contributed by atoms with Crippen molar-refractivity contribution in [3.8, 4) is 11.6 Å². The van der Waals surface area contributed by atoms with E-state index in [9.17, 15) is 14.4 Å². The van der Waals surface area contributed by atoms with Crippen molar-refractivity contribution in [3.05, 3.63) is 17.8 Å². The summed E-state index contributed by atoms with van der Waals surface area (Å²) in [6.45, 7) is 2.22. The minimum Gasteiger partial charge on any atom is -0.491 e. The minimum atomic E-state index is -1.04. The van der Waals surface area contributed by atoms with Gasteiger partial charge in [-0.2, -0.15) is 0 Å². The molecule has 1 heterocycles. The number of carbonyl (C=O) groups is 3. The highest BCUT2D eigenvalue weighted by molar-refractivity contribution is 5.95. The average Bonchev–Trinajstić information content (AvgIpc) is 2.54. The Morgan fingerprint density at radius 3 is 2.70 bits per heavy atom. The van der Waals surface area contributed by atoms with Gasteiger partial charge in [0.1, 0.15) is 0 Å². The number of nitrogens with zero attached hydrogens (tertiary/aromatic N) is 1. The van der Waals surface area contributed by atoms with Gasteiger partial charge in [-0.15, -0.1) is 0 Å². The molecule has 23 heavy (non-hydrogen) atoms. The molecular weight excluding hydrogens is 304 g/mol. The van der Waals surface area contributed by atoms with Gasteiger partial charge in [-0.05, 0) is 6.42 Å². The Balaban J connectivity index is 2.77. The summed E-state index contributed by atoms with van der Waals surface area (Å²) < 4.78 is 9.88. The van der Waals surface area contributed by atoms with Gasteiger partial charge >= 0.3 is 6.09 Å². The summed E-state index contributed by atoms with van der Waals surface area (Å²) in [7, 11) is 1.34. The molecule has 4 N–H and O–H groups in total. The third-order valence-electron chi connectivity index (χ3n) is 2.73. The lowest BCUT2D eigenvalue weighted by molar-refractivity contribution is -0.118. The van der Waals surface area contributed by atoms with Gasteiger partial charge in [0, 0.05) is 18.8 Å². The van der Waals surface area contributed by atoms with Gasteiger partial charge in [-0.3, -0.25) is 14.9 Å². The predicted molar refractivity (Wildman–Crippen MR) is 81.3 cm³/mol. The zero-order chi connectivity index (χ0) is 17.2. The molecule has 9 heteroatoms. The quantitative estimate of drug-likeness (QED) is 0.610. The Morgan fingerprint density at radius 2 is 2.09 bits per heavy atom. The lowest BCUT2D eigenvalue weighted by Crippen LogP contribution is -2.37. The van der Waals surface area contributed by atoms with Crippen LogP contribution in [0, 0.1) is 0 Å². The Kier molecular flexibility index (Phi) is 7.48. The van der Waals surface area contributed by atoms with Crippen LogP contribution in [0.25, 0.3) is 0 Å². The van der Waals surface area contributed by atoms with Crippen molar-refractivity contribution in [1.29, 1.82) is 0 Å². The zero-order valence-electron chi connectivity index (χ0n) is 13.0. The van der Waals surface area contributed by atoms with E-state index in [-0.39, 0.29) is 29.6 Å². The number of methoxy groups -OCH3 is 1. The van der Waals surface area contributed by atoms with Gasteiger partial charge in [0.2, 0.25) is 5.91 Å². The number of unbranched alkanes of at least 4 members (excludes halogenated alkanes) is 1. The first kappa shape index (κ1) is 18.4. The van der Waals surface area contributed by atoms with E-state index < -0.39 is 12.0 Å². The molecule has 0 atom stereocenters. The molecule has 1 aromatic rings. The molecule has 0 aromatic carbocycles. The molecule has 0 aliphatic carbocycles. The van der Waals surface area contributed by atoms with Crippen LogP contribution in [0.3, 0.4) is 0 Å². The topological polar surface area (TPSA) is 133 Å². The zero-order valence-corrected chi connectivity index (χ0v) is 13.0. The van der Waals surface area contributed by atoms with E-state index in [1.807, 2.05) is 12.2 Å². The van der Waals surface area contributed by atoms with E-state index in [4.69, 9.17) is 15.2 Å². The molecule has 9 nitrogen and oxygen atoms in total. The summed E-state index contributed by atoms with van der Waals surface area (Å²) in [6, 6.07) is 1.39. The first-order valence-electron chi connectivity index (χ1n) is 7.05. The molecular formula is C14H20N4O5. The van der Waals surface area contributed by atoms with Crippen LogP contribution in [0.15, 0.2) is 12.3 Å². The van der Waals surface area contributed by atoms with Gasteiger partial charge in [-0.25, -0.2) is 9.78 Å². The third-order valence-corrected chi connectivity index (χ3v) is 2.73. The molecule has 0 bridgehead atoms. The van der Waals surface area contributed by atoms with Crippen molar-refractivity contribution in [2.45, 2.75) is 19.8 Å². The lowest BCUT2D eigenvalue weighted by Gasteiger charge is -2.10. The number of imide groups is 1. The number of hydrogen-bond acceptors (Lipinski definition) is 7. The number of pyridine rings is 1. The van der Waals surface area contributed by atoms with E-state index in [0.29, 0.717) is 6.54 Å². The summed E-state index contributed by atoms with van der Waals surface area (Å²) in [5.41, 5.74) is 5.34. The largest absolute Gasteiger partial charge is 0.491 e. The molecule has 1 rings (SSSR count). The van der Waals surface area contributed by atoms with E-state index in [1.54, 1.807) is 0 Å². The summed E-state index contributed by atoms with van der Waals surface area (Å²) in [4.78, 5) is 38.2. The summed E-state index contributed by atoms with van der Waals surface area (Å²) in [5, 5.41) is 4.63. The fourth-order valence-electron chi connectivity index (χ4n) is 1.54. The molecule has 3 amide bonds. The predicted octanol–water partition coefficient (Wildman–Crippen LogP) is 0.194. The normalized spacial score (nSPS) is 9.87. The van der Waals surface area contributed by atoms with E-state index in [0.717, 1.165) is 12.8 Å². The molecule has 0 unspecified atom stereocenters. The molecule has 126 valence electrons. The summed E-state index contributed by atoms with van der Waals surface area (Å²) >= 11 is 0. The maximum Gasteiger partial charge on any atom is 0.420 e. The van der Waals surface area contributed by atoms with Gasteiger partial charge in [0.15, 0.2) is 5.75 Å². The second-order valence-electron chi connectivity index (χ2n) is 4.48. The number of nitrogens with one attached hydrogen (secondary N) is 2. The van der Waals surface area contributed by atoms with Crippen LogP contribution < -0.4 is 25.8 Å². The molecule has 0 fully saturated rings. The SMILES string of the molecule is CCCCNC(=O)c1cnc(OC(=O)NC(=O)CN)c(OC)c1. The third kappa shape index (κ3) is 5.91. The van der Waals surface area contributed by atoms with Gasteiger partial charge < -0.3 is 20.5 Å². The standard InChI is InChI=1S/C14H20N4O5/c1-3-4-5-16-12(20)9-6-10(22-2)13(17-8-9)23-14(21)18-11(19)7-15/h6,8H,3-5,7,15H2,1-2H3,(H,16,20)(H,18,19,21). The molecule has 0 aliphatic heterocycles. The molecule has 0 spiro atoms. The number of nitrogens with two attached hydrogens (primary N) is 1. The van der Waals surface area contributed by atoms with Crippen LogP contribution in [-0.4, -0.2) is 43.1 Å². The van der Waals surface area contributed by atoms with Crippen molar-refractivity contribution in [3.63, 3.8) is 0 Å². The van der Waals surface area contributed by atoms with Crippen molar-refractivity contribution in [2.24, 2.45) is 5.73 Å². The van der Waals surface area contributed by atoms with Gasteiger partial charge in [0.25, 0.3) is 11.8 Å². The van der Waals surface area contributed by atoms with Gasteiger partial charge in [0.05, 0.1) is 19.2 Å². The first-order valence-corrected chi connectivity index (χ1v) is 7.05. The van der Waals surface area contributed by atoms with Crippen LogP contribution >= 0.6 is 0 Å². The Bertz CT molecular complexity index is 576. The fraction of sp³-hybridized carbons (Fsp3) is 0.429. The van der Waals surface area contributed by atoms with Crippen LogP contribution in [0.2, 0.25) is 0 Å². The number of rotatable bonds is 7. The van der Waals surface area contributed by atoms with E-state index >= 15 is 0 Å². The highest BCUT2D eigenvalue weighted by Gasteiger charge is 2.16. The Labute approximate surface area is 133 Å². The molecule has 0 saturated carbocycles. The highest BCUT2D eigenvalue weighted by atomic mass is 16.6. The summed E-state index contributed by atoms with van der Waals surface area (Å²) in [5.74, 6) is -1.08. The van der Waals surface area contributed by atoms with Crippen LogP contribution in [0.4, 0.5) is 4.79 Å². The smallest absolute Gasteiger partial charge is 0.420 e. The van der Waals surface area contributed by atoms with Crippen LogP contribution in [0.1, 0.15) is 30.1 Å². The van der Waals surface area contributed by atoms with Crippen molar-refractivity contribution >= 4 is 17.9 Å². The second kappa shape index (κ2) is 9.36. The molecule has 0 aliphatic rings. The maximum atomic E-state index is 11.9. The van der Waals surface area contributed by atoms with Crippen LogP contribution in [0.5, 0.6) is 11.6 Å². The van der Waals surface area contributed by atoms with E-state index in [2.05, 4.69) is 10.3 Å². The van der Waals surface area contributed by atoms with Crippen molar-refractivity contribution in [1.82, 2.24) is 15.6 Å². The summed E-state index contributed by atoms with van der Waals surface area (Å²) in [6.07, 6.45) is 2.04. The van der Waals surface area contributed by atoms with Crippen LogP contribution in [-0.2, 0) is 4.79 Å². The molecule has 0 radical (unpaired) electrons. The average molecular weight is 324 g/mol. The number of ether oxygens (including phenoxy) is 2. The van der Waals surface area contributed by atoms with E-state index in [1.165, 1.54) is 19.4 Å². The van der Waals surface area contributed by atoms with Crippen molar-refractivity contribution in [2.75, 3.05) is 20.2 Å². The first-order chi connectivity index (χ1) is 11.0. The second-order valence-corrected chi connectivity index (χ2v) is 4.48. The van der Waals surface area contributed by atoms with Crippen molar-refractivity contribution < 1.29 is 23.9 Å². The lowest BCUT2D eigenvalue weighted by atomic mass is 10.2. The molecule has 1 aromatic heterocycles. The number of carbonyl (C=O) groups excluding carboxylic acids is 3. The Hall–Kier alpha value is -2.68. The maximum absolute atomic E-state index is 11.9. The fourth-order valence-corrected chi connectivity index (χ4v) is 1.54. The number of hydrogen-bond donors (Lipinski definition) is 3. The molecule has 0 saturated heterocycles. The minimum absolute atomic E-state index is 0.0866.